The summed E-state index contributed by atoms with van der Waals surface area (Å²) in [4.78, 5) is 136. The number of hydrogen-bond donors (Lipinski definition) is 13. The van der Waals surface area contributed by atoms with Crippen molar-refractivity contribution in [1.82, 2.24) is 42.2 Å². The molecule has 9 atom stereocenters. The van der Waals surface area contributed by atoms with Crippen LogP contribution in [0.4, 0.5) is 0 Å². The summed E-state index contributed by atoms with van der Waals surface area (Å²) in [6.45, 7) is 13.4. The summed E-state index contributed by atoms with van der Waals surface area (Å²) < 4.78 is 0. The van der Waals surface area contributed by atoms with Crippen molar-refractivity contribution in [2.24, 2.45) is 29.4 Å². The molecule has 14 N–H and O–H groups in total. The molecule has 7 amide bonds. The number of carbonyl (C=O) groups excluding carboxylic acids is 7. The Morgan fingerprint density at radius 3 is 1.59 bits per heavy atom. The number of amides is 7. The molecule has 0 saturated carbocycles. The van der Waals surface area contributed by atoms with Crippen molar-refractivity contribution in [3.05, 3.63) is 65.9 Å². The van der Waals surface area contributed by atoms with Gasteiger partial charge in [0.15, 0.2) is 0 Å². The predicted octanol–water partition coefficient (Wildman–Crippen LogP) is 1.60. The Bertz CT molecular complexity index is 2480. The van der Waals surface area contributed by atoms with Gasteiger partial charge in [-0.05, 0) is 72.3 Å². The Morgan fingerprint density at radius 2 is 1.03 bits per heavy atom. The molecule has 3 aromatic rings. The largest absolute Gasteiger partial charge is 0.508 e. The molecule has 23 nitrogen and oxygen atoms in total. The van der Waals surface area contributed by atoms with Crippen LogP contribution < -0.4 is 43.0 Å². The first-order chi connectivity index (χ1) is 35.2. The van der Waals surface area contributed by atoms with E-state index in [4.69, 9.17) is 10.8 Å². The number of hydrogen-bond acceptors (Lipinski definition) is 12. The van der Waals surface area contributed by atoms with Gasteiger partial charge in [-0.1, -0.05) is 92.1 Å². The van der Waals surface area contributed by atoms with Crippen LogP contribution in [0.2, 0.25) is 0 Å². The molecule has 412 valence electrons. The molecule has 0 unspecified atom stereocenters. The number of H-pyrrole nitrogens is 1. The minimum Gasteiger partial charge on any atom is -0.508 e. The van der Waals surface area contributed by atoms with E-state index in [-0.39, 0.29) is 37.4 Å². The van der Waals surface area contributed by atoms with Gasteiger partial charge in [-0.25, -0.2) is 4.79 Å². The van der Waals surface area contributed by atoms with E-state index in [0.717, 1.165) is 10.9 Å². The lowest BCUT2D eigenvalue weighted by molar-refractivity contribution is -0.143. The minimum atomic E-state index is -1.59. The number of aromatic amines is 1. The van der Waals surface area contributed by atoms with Gasteiger partial charge in [0, 0.05) is 42.8 Å². The van der Waals surface area contributed by atoms with Gasteiger partial charge in [-0.15, -0.1) is 0 Å². The van der Waals surface area contributed by atoms with Crippen molar-refractivity contribution in [1.29, 1.82) is 0 Å². The Labute approximate surface area is 435 Å². The van der Waals surface area contributed by atoms with E-state index >= 15 is 0 Å². The van der Waals surface area contributed by atoms with Crippen LogP contribution in [0.1, 0.15) is 105 Å². The maximum absolute atomic E-state index is 14.3. The number of para-hydroxylation sites is 1. The number of aliphatic carboxylic acids is 3. The molecule has 0 spiro atoms. The highest BCUT2D eigenvalue weighted by Gasteiger charge is 2.37. The molecule has 23 heteroatoms. The van der Waals surface area contributed by atoms with Gasteiger partial charge in [0.05, 0.1) is 6.04 Å². The number of phenolic OH excluding ortho intramolecular Hbond substituents is 1. The summed E-state index contributed by atoms with van der Waals surface area (Å²) in [5.41, 5.74) is 7.78. The van der Waals surface area contributed by atoms with Crippen molar-refractivity contribution in [3.63, 3.8) is 0 Å². The van der Waals surface area contributed by atoms with Gasteiger partial charge in [-0.2, -0.15) is 0 Å². The first-order valence-electron chi connectivity index (χ1n) is 25.1. The van der Waals surface area contributed by atoms with Crippen molar-refractivity contribution >= 4 is 70.2 Å². The number of aromatic hydroxyl groups is 1. The molecule has 1 heterocycles. The second-order valence-electron chi connectivity index (χ2n) is 20.0. The molecule has 0 saturated heterocycles. The third-order valence-corrected chi connectivity index (χ3v) is 12.6. The molecule has 0 radical (unpaired) electrons. The molecule has 0 aliphatic heterocycles. The average molecular weight is 1050 g/mol. The van der Waals surface area contributed by atoms with Gasteiger partial charge in [0.1, 0.15) is 48.0 Å². The van der Waals surface area contributed by atoms with Gasteiger partial charge in [-0.3, -0.25) is 43.2 Å². The summed E-state index contributed by atoms with van der Waals surface area (Å²) in [6, 6.07) is 2.05. The highest BCUT2D eigenvalue weighted by molar-refractivity contribution is 5.98. The van der Waals surface area contributed by atoms with Gasteiger partial charge < -0.3 is 68.4 Å². The van der Waals surface area contributed by atoms with Crippen LogP contribution in [-0.4, -0.2) is 133 Å². The van der Waals surface area contributed by atoms with Crippen molar-refractivity contribution < 1.29 is 68.4 Å². The normalized spacial score (nSPS) is 15.0. The lowest BCUT2D eigenvalue weighted by atomic mass is 9.95. The van der Waals surface area contributed by atoms with Gasteiger partial charge in [0.25, 0.3) is 0 Å². The van der Waals surface area contributed by atoms with E-state index in [2.05, 4.69) is 42.2 Å². The average Bonchev–Trinajstić information content (AvgIpc) is 3.75. The number of nitrogens with one attached hydrogen (secondary N) is 8. The fourth-order valence-electron chi connectivity index (χ4n) is 8.04. The number of carboxylic acid groups (broad SMARTS) is 3. The van der Waals surface area contributed by atoms with E-state index in [9.17, 15) is 63.3 Å². The first-order valence-corrected chi connectivity index (χ1v) is 25.1. The topological polar surface area (TPSA) is 378 Å². The third-order valence-electron chi connectivity index (χ3n) is 12.6. The molecular weight excluding hydrogens is 975 g/mol. The minimum absolute atomic E-state index is 0.0236. The Morgan fingerprint density at radius 1 is 0.547 bits per heavy atom. The zero-order chi connectivity index (χ0) is 56.3. The molecule has 2 aromatic carbocycles. The molecule has 0 fully saturated rings. The zero-order valence-electron chi connectivity index (χ0n) is 43.7. The van der Waals surface area contributed by atoms with Crippen LogP contribution in [0.15, 0.2) is 54.7 Å². The fourth-order valence-corrected chi connectivity index (χ4v) is 8.04. The summed E-state index contributed by atoms with van der Waals surface area (Å²) in [5, 5.41) is 57.7. The second kappa shape index (κ2) is 29.4. The van der Waals surface area contributed by atoms with E-state index in [1.165, 1.54) is 24.3 Å². The molecular formula is C52H75N9O14. The van der Waals surface area contributed by atoms with Crippen LogP contribution >= 0.6 is 0 Å². The van der Waals surface area contributed by atoms with Crippen LogP contribution in [0, 0.1) is 23.7 Å². The fraction of sp³-hybridized carbons (Fsp3) is 0.538. The maximum atomic E-state index is 14.3. The van der Waals surface area contributed by atoms with E-state index in [0.29, 0.717) is 17.5 Å². The van der Waals surface area contributed by atoms with Crippen LogP contribution in [-0.2, 0) is 60.8 Å². The Hall–Kier alpha value is -7.56. The number of fused-ring (bicyclic) bond motifs is 1. The molecule has 0 aliphatic carbocycles. The third kappa shape index (κ3) is 19.7. The number of phenols is 1. The number of carboxylic acids is 3. The SMILES string of the molecule is CC[C@H](C)[C@H](NC(=O)[C@@H](NC(=O)[C@H](CCC(=O)O)NC(=O)[C@H](CC(C)C)NC(=O)[C@H](Cc1ccc(O)cc1)NC(=O)[C@@H](NC(=O)[C@@H](N)CCC(=O)O)C(C)C)C(C)C)C(=O)N[C@@H](Cc1c[nH]c2ccccc12)C(=O)O. The smallest absolute Gasteiger partial charge is 0.326 e. The van der Waals surface area contributed by atoms with Gasteiger partial charge in [0.2, 0.25) is 41.4 Å². The standard InChI is InChI=1S/C52H75N9O14/c1-9-29(8)44(51(73)58-39(52(74)75)24-31-25-54-35-13-11-10-12-33(31)35)61-50(72)43(28(6)7)60-46(68)36(19-21-41(65)66)55-47(69)37(22-26(2)3)56-48(70)38(23-30-14-16-32(62)17-15-30)57-49(71)42(27(4)5)59-45(67)34(53)18-20-40(63)64/h10-17,25-29,34,36-39,42-44,54,62H,9,18-24,53H2,1-8H3,(H,55,69)(H,56,70)(H,57,71)(H,58,73)(H,59,67)(H,60,68)(H,61,72)(H,63,64)(H,65,66)(H,74,75)/t29-,34-,36-,37-,38-,39-,42-,43-,44-/m0/s1. The number of carbonyl (C=O) groups is 10. The van der Waals surface area contributed by atoms with Gasteiger partial charge >= 0.3 is 17.9 Å². The second-order valence-corrected chi connectivity index (χ2v) is 20.0. The predicted molar refractivity (Wildman–Crippen MR) is 275 cm³/mol. The molecule has 1 aromatic heterocycles. The van der Waals surface area contributed by atoms with Crippen LogP contribution in [0.5, 0.6) is 5.75 Å². The zero-order valence-corrected chi connectivity index (χ0v) is 43.7. The number of rotatable bonds is 31. The number of benzene rings is 2. The van der Waals surface area contributed by atoms with Crippen molar-refractivity contribution in [2.75, 3.05) is 0 Å². The summed E-state index contributed by atoms with van der Waals surface area (Å²) in [7, 11) is 0. The van der Waals surface area contributed by atoms with E-state index < -0.39 is 145 Å². The Kier molecular flexibility index (Phi) is 24.2. The molecule has 0 bridgehead atoms. The van der Waals surface area contributed by atoms with E-state index in [1.54, 1.807) is 67.7 Å². The lowest BCUT2D eigenvalue weighted by Gasteiger charge is -2.30. The lowest BCUT2D eigenvalue weighted by Crippen LogP contribution is -2.61. The number of aromatic nitrogens is 1. The number of nitrogens with two attached hydrogens (primary N) is 1. The highest BCUT2D eigenvalue weighted by atomic mass is 16.4. The first kappa shape index (κ1) is 61.7. The Balaban J connectivity index is 1.87. The maximum Gasteiger partial charge on any atom is 0.326 e. The summed E-state index contributed by atoms with van der Waals surface area (Å²) in [6.07, 6.45) is 0.0629. The quantitative estimate of drug-likeness (QED) is 0.0435. The van der Waals surface area contributed by atoms with Crippen LogP contribution in [0.3, 0.4) is 0 Å². The summed E-state index contributed by atoms with van der Waals surface area (Å²) >= 11 is 0. The van der Waals surface area contributed by atoms with Crippen molar-refractivity contribution in [2.45, 2.75) is 155 Å². The van der Waals surface area contributed by atoms with E-state index in [1.807, 2.05) is 18.2 Å². The molecule has 75 heavy (non-hydrogen) atoms. The van der Waals surface area contributed by atoms with Crippen LogP contribution in [0.25, 0.3) is 10.9 Å². The molecule has 0 aliphatic rings. The summed E-state index contributed by atoms with van der Waals surface area (Å²) in [5.74, 6) is -11.9. The highest BCUT2D eigenvalue weighted by Crippen LogP contribution is 2.20. The monoisotopic (exact) mass is 1050 g/mol. The van der Waals surface area contributed by atoms with Crippen molar-refractivity contribution in [3.8, 4) is 5.75 Å². The molecule has 3 rings (SSSR count).